The Bertz CT molecular complexity index is 1400. The summed E-state index contributed by atoms with van der Waals surface area (Å²) in [6.45, 7) is 0.660. The van der Waals surface area contributed by atoms with Crippen LogP contribution in [-0.4, -0.2) is 70.4 Å². The molecule has 0 bridgehead atoms. The van der Waals surface area contributed by atoms with Crippen molar-refractivity contribution in [2.75, 3.05) is 6.54 Å². The molecule has 3 aromatic rings. The Kier molecular flexibility index (Phi) is 9.69. The van der Waals surface area contributed by atoms with Crippen LogP contribution in [0, 0.1) is 0 Å². The summed E-state index contributed by atoms with van der Waals surface area (Å²) in [4.78, 5) is 66.4. The second-order valence-electron chi connectivity index (χ2n) is 10.1. The lowest BCUT2D eigenvalue weighted by molar-refractivity contribution is -0.142. The molecule has 4 rings (SSSR count). The van der Waals surface area contributed by atoms with Gasteiger partial charge in [0.1, 0.15) is 18.1 Å². The quantitative estimate of drug-likeness (QED) is 0.154. The molecule has 2 heterocycles. The van der Waals surface area contributed by atoms with Crippen molar-refractivity contribution in [2.45, 2.75) is 56.3 Å². The van der Waals surface area contributed by atoms with Gasteiger partial charge in [0.15, 0.2) is 0 Å². The van der Waals surface area contributed by atoms with Gasteiger partial charge in [0.05, 0.1) is 12.5 Å². The van der Waals surface area contributed by atoms with E-state index < -0.39 is 60.2 Å². The smallest absolute Gasteiger partial charge is 0.326 e. The van der Waals surface area contributed by atoms with E-state index in [2.05, 4.69) is 26.3 Å². The Morgan fingerprint density at radius 2 is 1.56 bits per heavy atom. The van der Waals surface area contributed by atoms with Crippen molar-refractivity contribution in [1.29, 1.82) is 0 Å². The van der Waals surface area contributed by atoms with Crippen LogP contribution in [-0.2, 0) is 36.8 Å². The number of H-pyrrole nitrogens is 1. The first kappa shape index (κ1) is 29.3. The number of nitrogens with two attached hydrogens (primary N) is 1. The fourth-order valence-electron chi connectivity index (χ4n) is 4.92. The molecular formula is C29H34N6O6. The van der Waals surface area contributed by atoms with E-state index in [-0.39, 0.29) is 12.8 Å². The van der Waals surface area contributed by atoms with Crippen LogP contribution in [0.15, 0.2) is 60.8 Å². The Morgan fingerprint density at radius 1 is 0.878 bits per heavy atom. The van der Waals surface area contributed by atoms with E-state index in [1.54, 1.807) is 36.5 Å². The highest BCUT2D eigenvalue weighted by Crippen LogP contribution is 2.19. The molecule has 4 amide bonds. The van der Waals surface area contributed by atoms with E-state index in [4.69, 9.17) is 5.73 Å². The summed E-state index contributed by atoms with van der Waals surface area (Å²) in [6.07, 6.45) is 2.66. The molecule has 1 aromatic heterocycles. The Hall–Kier alpha value is -4.71. The van der Waals surface area contributed by atoms with E-state index in [1.807, 2.05) is 24.3 Å². The molecule has 12 nitrogen and oxygen atoms in total. The lowest BCUT2D eigenvalue weighted by Gasteiger charge is -2.25. The number of carbonyl (C=O) groups excluding carboxylic acids is 4. The summed E-state index contributed by atoms with van der Waals surface area (Å²) >= 11 is 0. The zero-order valence-electron chi connectivity index (χ0n) is 22.4. The zero-order chi connectivity index (χ0) is 29.4. The second kappa shape index (κ2) is 13.6. The molecule has 1 fully saturated rings. The fourth-order valence-corrected chi connectivity index (χ4v) is 4.92. The van der Waals surface area contributed by atoms with Gasteiger partial charge in [-0.05, 0) is 36.6 Å². The minimum absolute atomic E-state index is 0.00579. The average molecular weight is 563 g/mol. The summed E-state index contributed by atoms with van der Waals surface area (Å²) in [5.74, 6) is -4.00. The fraction of sp³-hybridized carbons (Fsp3) is 0.345. The maximum absolute atomic E-state index is 13.5. The van der Waals surface area contributed by atoms with E-state index in [0.29, 0.717) is 24.1 Å². The van der Waals surface area contributed by atoms with Gasteiger partial charge >= 0.3 is 5.97 Å². The molecular weight excluding hydrogens is 528 g/mol. The highest BCUT2D eigenvalue weighted by atomic mass is 16.4. The molecule has 41 heavy (non-hydrogen) atoms. The number of fused-ring (bicyclic) bond motifs is 1. The first-order valence-corrected chi connectivity index (χ1v) is 13.5. The van der Waals surface area contributed by atoms with Gasteiger partial charge in [-0.3, -0.25) is 19.2 Å². The lowest BCUT2D eigenvalue weighted by atomic mass is 10.0. The molecule has 1 aliphatic rings. The summed E-state index contributed by atoms with van der Waals surface area (Å²) < 4.78 is 0. The van der Waals surface area contributed by atoms with Crippen molar-refractivity contribution in [3.05, 3.63) is 71.9 Å². The van der Waals surface area contributed by atoms with Crippen molar-refractivity contribution in [3.63, 3.8) is 0 Å². The number of amides is 4. The maximum Gasteiger partial charge on any atom is 0.326 e. The first-order chi connectivity index (χ1) is 19.7. The topological polar surface area (TPSA) is 196 Å². The molecule has 0 spiro atoms. The molecule has 216 valence electrons. The number of primary amides is 1. The first-order valence-electron chi connectivity index (χ1n) is 13.5. The zero-order valence-corrected chi connectivity index (χ0v) is 22.4. The van der Waals surface area contributed by atoms with Crippen molar-refractivity contribution in [1.82, 2.24) is 26.3 Å². The van der Waals surface area contributed by atoms with Gasteiger partial charge in [-0.15, -0.1) is 0 Å². The van der Waals surface area contributed by atoms with E-state index in [9.17, 15) is 29.1 Å². The van der Waals surface area contributed by atoms with Gasteiger partial charge in [0.2, 0.25) is 23.6 Å². The van der Waals surface area contributed by atoms with Gasteiger partial charge < -0.3 is 37.1 Å². The van der Waals surface area contributed by atoms with Crippen molar-refractivity contribution < 1.29 is 29.1 Å². The standard InChI is InChI=1S/C29H34N6O6/c30-25(36)15-23(34-26(37)21-11-6-12-31-21)28(39)33-22(13-17-7-2-1-3-8-17)27(38)35-24(29(40)41)14-18-16-32-20-10-5-4-9-19(18)20/h1-5,7-10,16,21-24,31-32H,6,11-15H2,(H2,30,36)(H,33,39)(H,34,37)(H,35,38)(H,40,41). The normalized spacial score (nSPS) is 16.8. The van der Waals surface area contributed by atoms with E-state index in [1.165, 1.54) is 0 Å². The number of hydrogen-bond donors (Lipinski definition) is 7. The molecule has 4 unspecified atom stereocenters. The minimum atomic E-state index is -1.31. The van der Waals surface area contributed by atoms with Crippen molar-refractivity contribution in [3.8, 4) is 0 Å². The molecule has 0 aliphatic carbocycles. The van der Waals surface area contributed by atoms with Crippen LogP contribution in [0.1, 0.15) is 30.4 Å². The predicted molar refractivity (Wildman–Crippen MR) is 150 cm³/mol. The number of carboxylic acids is 1. The Balaban J connectivity index is 1.52. The Morgan fingerprint density at radius 3 is 2.24 bits per heavy atom. The van der Waals surface area contributed by atoms with Crippen molar-refractivity contribution in [2.24, 2.45) is 5.73 Å². The van der Waals surface area contributed by atoms with Gasteiger partial charge in [-0.25, -0.2) is 4.79 Å². The minimum Gasteiger partial charge on any atom is -0.480 e. The van der Waals surface area contributed by atoms with Crippen LogP contribution in [0.2, 0.25) is 0 Å². The molecule has 4 atom stereocenters. The number of carboxylic acid groups (broad SMARTS) is 1. The maximum atomic E-state index is 13.5. The third kappa shape index (κ3) is 7.92. The molecule has 0 saturated carbocycles. The summed E-state index contributed by atoms with van der Waals surface area (Å²) in [5, 5.41) is 21.5. The van der Waals surface area contributed by atoms with Crippen LogP contribution in [0.5, 0.6) is 0 Å². The highest BCUT2D eigenvalue weighted by molar-refractivity contribution is 5.96. The molecule has 8 N–H and O–H groups in total. The van der Waals surface area contributed by atoms with E-state index in [0.717, 1.165) is 17.3 Å². The third-order valence-electron chi connectivity index (χ3n) is 7.04. The molecule has 2 aromatic carbocycles. The second-order valence-corrected chi connectivity index (χ2v) is 10.1. The van der Waals surface area contributed by atoms with E-state index >= 15 is 0 Å². The molecule has 1 aliphatic heterocycles. The van der Waals surface area contributed by atoms with Gasteiger partial charge in [0.25, 0.3) is 0 Å². The van der Waals surface area contributed by atoms with Crippen LogP contribution >= 0.6 is 0 Å². The number of para-hydroxylation sites is 1. The van der Waals surface area contributed by atoms with Gasteiger partial charge in [-0.2, -0.15) is 0 Å². The summed E-state index contributed by atoms with van der Waals surface area (Å²) in [5.41, 5.74) is 7.60. The highest BCUT2D eigenvalue weighted by Gasteiger charge is 2.32. The number of carbonyl (C=O) groups is 5. The van der Waals surface area contributed by atoms with Crippen molar-refractivity contribution >= 4 is 40.5 Å². The number of rotatable bonds is 13. The molecule has 12 heteroatoms. The van der Waals surface area contributed by atoms with Gasteiger partial charge in [0, 0.05) is 29.9 Å². The predicted octanol–water partition coefficient (Wildman–Crippen LogP) is 0.120. The number of aromatic amines is 1. The average Bonchev–Trinajstić information content (AvgIpc) is 3.63. The third-order valence-corrected chi connectivity index (χ3v) is 7.04. The molecule has 1 saturated heterocycles. The Labute approximate surface area is 236 Å². The van der Waals surface area contributed by atoms with Crippen LogP contribution in [0.4, 0.5) is 0 Å². The lowest BCUT2D eigenvalue weighted by Crippen LogP contribution is -2.58. The van der Waals surface area contributed by atoms with Gasteiger partial charge in [-0.1, -0.05) is 48.5 Å². The monoisotopic (exact) mass is 562 g/mol. The SMILES string of the molecule is NC(=O)CC(NC(=O)C1CCCN1)C(=O)NC(Cc1ccccc1)C(=O)NC(Cc1c[nH]c2ccccc12)C(=O)O. The number of hydrogen-bond acceptors (Lipinski definition) is 6. The summed E-state index contributed by atoms with van der Waals surface area (Å²) in [6, 6.07) is 12.0. The number of benzene rings is 2. The van der Waals surface area contributed by atoms with Crippen LogP contribution in [0.3, 0.4) is 0 Å². The largest absolute Gasteiger partial charge is 0.480 e. The van der Waals surface area contributed by atoms with Crippen LogP contribution in [0.25, 0.3) is 10.9 Å². The number of aliphatic carboxylic acids is 1. The number of nitrogens with one attached hydrogen (secondary N) is 5. The number of aromatic nitrogens is 1. The summed E-state index contributed by atoms with van der Waals surface area (Å²) in [7, 11) is 0. The van der Waals surface area contributed by atoms with Crippen LogP contribution < -0.4 is 27.0 Å². The molecule has 0 radical (unpaired) electrons.